The number of hydrogen-bond acceptors (Lipinski definition) is 3. The maximum Gasteiger partial charge on any atom is 0.0794 e. The zero-order valence-corrected chi connectivity index (χ0v) is 10.3. The fraction of sp³-hybridized carbons (Fsp3) is 0.727. The molecule has 1 atom stereocenters. The molecular formula is C11H20N2S. The van der Waals surface area contributed by atoms with Gasteiger partial charge in [-0.05, 0) is 26.7 Å². The third-order valence-electron chi connectivity index (χ3n) is 3.00. The Balaban J connectivity index is 2.60. The predicted molar refractivity (Wildman–Crippen MR) is 62.7 cm³/mol. The van der Waals surface area contributed by atoms with Crippen molar-refractivity contribution in [2.75, 3.05) is 0 Å². The first-order valence-corrected chi connectivity index (χ1v) is 6.15. The van der Waals surface area contributed by atoms with Gasteiger partial charge in [0, 0.05) is 22.7 Å². The van der Waals surface area contributed by atoms with E-state index in [-0.39, 0.29) is 5.54 Å². The van der Waals surface area contributed by atoms with Gasteiger partial charge in [0.1, 0.15) is 0 Å². The van der Waals surface area contributed by atoms with Crippen LogP contribution < -0.4 is 5.32 Å². The van der Waals surface area contributed by atoms with E-state index in [1.165, 1.54) is 4.88 Å². The molecule has 1 unspecified atom stereocenters. The van der Waals surface area contributed by atoms with Gasteiger partial charge in [-0.15, -0.1) is 11.3 Å². The Morgan fingerprint density at radius 3 is 2.57 bits per heavy atom. The largest absolute Gasteiger partial charge is 0.304 e. The lowest BCUT2D eigenvalue weighted by Gasteiger charge is -2.31. The molecule has 0 aliphatic rings. The number of hydrogen-bond donors (Lipinski definition) is 1. The summed E-state index contributed by atoms with van der Waals surface area (Å²) in [6.07, 6.45) is 4.27. The molecular weight excluding hydrogens is 192 g/mol. The van der Waals surface area contributed by atoms with Gasteiger partial charge in [-0.25, -0.2) is 0 Å². The first-order valence-electron chi connectivity index (χ1n) is 5.27. The van der Waals surface area contributed by atoms with E-state index in [9.17, 15) is 0 Å². The smallest absolute Gasteiger partial charge is 0.0794 e. The molecule has 2 nitrogen and oxygen atoms in total. The van der Waals surface area contributed by atoms with Gasteiger partial charge in [0.05, 0.1) is 5.51 Å². The normalized spacial score (nSPS) is 14.3. The van der Waals surface area contributed by atoms with Crippen LogP contribution in [0, 0.1) is 0 Å². The van der Waals surface area contributed by atoms with Crippen molar-refractivity contribution in [1.29, 1.82) is 0 Å². The minimum atomic E-state index is 0.253. The highest BCUT2D eigenvalue weighted by molar-refractivity contribution is 7.09. The van der Waals surface area contributed by atoms with Crippen LogP contribution in [0.3, 0.4) is 0 Å². The SMILES string of the molecule is CCC(C)(CC)NC(C)c1cncs1. The lowest BCUT2D eigenvalue weighted by atomic mass is 9.94. The van der Waals surface area contributed by atoms with Gasteiger partial charge in [-0.3, -0.25) is 4.98 Å². The average molecular weight is 212 g/mol. The molecule has 0 amide bonds. The molecule has 80 valence electrons. The monoisotopic (exact) mass is 212 g/mol. The topological polar surface area (TPSA) is 24.9 Å². The number of nitrogens with zero attached hydrogens (tertiary/aromatic N) is 1. The fourth-order valence-electron chi connectivity index (χ4n) is 1.49. The zero-order chi connectivity index (χ0) is 10.6. The minimum Gasteiger partial charge on any atom is -0.304 e. The van der Waals surface area contributed by atoms with Gasteiger partial charge in [0.2, 0.25) is 0 Å². The van der Waals surface area contributed by atoms with Gasteiger partial charge in [-0.2, -0.15) is 0 Å². The van der Waals surface area contributed by atoms with Crippen LogP contribution in [-0.4, -0.2) is 10.5 Å². The van der Waals surface area contributed by atoms with Crippen molar-refractivity contribution in [1.82, 2.24) is 10.3 Å². The standard InChI is InChI=1S/C11H20N2S/c1-5-11(4,6-2)13-9(3)10-7-12-8-14-10/h7-9,13H,5-6H2,1-4H3. The second-order valence-electron chi connectivity index (χ2n) is 4.04. The van der Waals surface area contributed by atoms with Crippen LogP contribution in [0.5, 0.6) is 0 Å². The van der Waals surface area contributed by atoms with Crippen molar-refractivity contribution in [2.24, 2.45) is 0 Å². The number of aromatic nitrogens is 1. The van der Waals surface area contributed by atoms with E-state index in [1.807, 2.05) is 11.7 Å². The molecule has 0 fully saturated rings. The molecule has 1 aromatic heterocycles. The summed E-state index contributed by atoms with van der Waals surface area (Å²) in [5.41, 5.74) is 2.14. The summed E-state index contributed by atoms with van der Waals surface area (Å²) in [5.74, 6) is 0. The molecule has 0 spiro atoms. The second kappa shape index (κ2) is 4.89. The Morgan fingerprint density at radius 2 is 2.14 bits per heavy atom. The summed E-state index contributed by atoms with van der Waals surface area (Å²) in [7, 11) is 0. The second-order valence-corrected chi connectivity index (χ2v) is 4.96. The molecule has 0 bridgehead atoms. The third kappa shape index (κ3) is 2.79. The van der Waals surface area contributed by atoms with Crippen LogP contribution in [0.4, 0.5) is 0 Å². The lowest BCUT2D eigenvalue weighted by Crippen LogP contribution is -2.42. The van der Waals surface area contributed by atoms with Crippen molar-refractivity contribution < 1.29 is 0 Å². The molecule has 1 rings (SSSR count). The molecule has 0 saturated heterocycles. The first-order chi connectivity index (χ1) is 6.61. The van der Waals surface area contributed by atoms with Crippen LogP contribution in [0.2, 0.25) is 0 Å². The Kier molecular flexibility index (Phi) is 4.08. The molecule has 3 heteroatoms. The van der Waals surface area contributed by atoms with Gasteiger partial charge >= 0.3 is 0 Å². The molecule has 0 saturated carbocycles. The molecule has 14 heavy (non-hydrogen) atoms. The maximum absolute atomic E-state index is 4.10. The molecule has 0 aliphatic carbocycles. The van der Waals surface area contributed by atoms with Gasteiger partial charge < -0.3 is 5.32 Å². The van der Waals surface area contributed by atoms with Crippen LogP contribution in [0.25, 0.3) is 0 Å². The van der Waals surface area contributed by atoms with E-state index in [1.54, 1.807) is 11.3 Å². The zero-order valence-electron chi connectivity index (χ0n) is 9.50. The summed E-state index contributed by atoms with van der Waals surface area (Å²) in [5, 5.41) is 3.67. The van der Waals surface area contributed by atoms with Crippen molar-refractivity contribution in [2.45, 2.75) is 52.1 Å². The summed E-state index contributed by atoms with van der Waals surface area (Å²) in [4.78, 5) is 5.42. The molecule has 0 radical (unpaired) electrons. The highest BCUT2D eigenvalue weighted by Crippen LogP contribution is 2.23. The van der Waals surface area contributed by atoms with Gasteiger partial charge in [0.25, 0.3) is 0 Å². The molecule has 1 heterocycles. The maximum atomic E-state index is 4.10. The number of nitrogens with one attached hydrogen (secondary N) is 1. The Morgan fingerprint density at radius 1 is 1.50 bits per heavy atom. The van der Waals surface area contributed by atoms with Crippen LogP contribution in [0.15, 0.2) is 11.7 Å². The minimum absolute atomic E-state index is 0.253. The van der Waals surface area contributed by atoms with Gasteiger partial charge in [-0.1, -0.05) is 13.8 Å². The van der Waals surface area contributed by atoms with E-state index in [2.05, 4.69) is 38.0 Å². The highest BCUT2D eigenvalue weighted by atomic mass is 32.1. The Hall–Kier alpha value is -0.410. The number of thiazole rings is 1. The third-order valence-corrected chi connectivity index (χ3v) is 3.96. The summed E-state index contributed by atoms with van der Waals surface area (Å²) < 4.78 is 0. The summed E-state index contributed by atoms with van der Waals surface area (Å²) >= 11 is 1.72. The van der Waals surface area contributed by atoms with Crippen molar-refractivity contribution in [3.8, 4) is 0 Å². The van der Waals surface area contributed by atoms with Crippen LogP contribution >= 0.6 is 11.3 Å². The Labute approximate surface area is 90.8 Å². The number of rotatable bonds is 5. The van der Waals surface area contributed by atoms with Crippen molar-refractivity contribution in [3.63, 3.8) is 0 Å². The quantitative estimate of drug-likeness (QED) is 0.809. The van der Waals surface area contributed by atoms with E-state index >= 15 is 0 Å². The fourth-order valence-corrected chi connectivity index (χ4v) is 2.12. The van der Waals surface area contributed by atoms with E-state index in [4.69, 9.17) is 0 Å². The van der Waals surface area contributed by atoms with Gasteiger partial charge in [0.15, 0.2) is 0 Å². The molecule has 1 aromatic rings. The average Bonchev–Trinajstić information content (AvgIpc) is 2.70. The van der Waals surface area contributed by atoms with E-state index in [0.717, 1.165) is 12.8 Å². The van der Waals surface area contributed by atoms with E-state index in [0.29, 0.717) is 6.04 Å². The molecule has 0 aromatic carbocycles. The van der Waals surface area contributed by atoms with Crippen LogP contribution in [-0.2, 0) is 0 Å². The first kappa shape index (κ1) is 11.7. The van der Waals surface area contributed by atoms with Crippen molar-refractivity contribution >= 4 is 11.3 Å². The molecule has 1 N–H and O–H groups in total. The van der Waals surface area contributed by atoms with E-state index < -0.39 is 0 Å². The molecule has 0 aliphatic heterocycles. The highest BCUT2D eigenvalue weighted by Gasteiger charge is 2.22. The lowest BCUT2D eigenvalue weighted by molar-refractivity contribution is 0.301. The summed E-state index contributed by atoms with van der Waals surface area (Å²) in [6.45, 7) is 8.95. The predicted octanol–water partition coefficient (Wildman–Crippen LogP) is 3.37. The summed E-state index contributed by atoms with van der Waals surface area (Å²) in [6, 6.07) is 0.410. The van der Waals surface area contributed by atoms with Crippen LogP contribution in [0.1, 0.15) is 51.5 Å². The Bertz CT molecular complexity index is 252. The van der Waals surface area contributed by atoms with Crippen molar-refractivity contribution in [3.05, 3.63) is 16.6 Å².